The van der Waals surface area contributed by atoms with E-state index in [1.165, 1.54) is 5.56 Å². The van der Waals surface area contributed by atoms with Crippen molar-refractivity contribution in [1.29, 1.82) is 0 Å². The Morgan fingerprint density at radius 2 is 1.90 bits per heavy atom. The first-order chi connectivity index (χ1) is 13.8. The second kappa shape index (κ2) is 10.7. The number of thiazole rings is 1. The molecule has 2 amide bonds. The number of amides is 2. The van der Waals surface area contributed by atoms with E-state index in [1.807, 2.05) is 6.07 Å². The molecule has 0 spiro atoms. The Morgan fingerprint density at radius 3 is 2.48 bits per heavy atom. The van der Waals surface area contributed by atoms with Gasteiger partial charge in [-0.25, -0.2) is 4.98 Å². The maximum absolute atomic E-state index is 12.9. The number of fused-ring (bicyclic) bond motifs is 1. The van der Waals surface area contributed by atoms with Crippen LogP contribution in [0.15, 0.2) is 18.2 Å². The first-order valence-corrected chi connectivity index (χ1v) is 11.3. The molecule has 7 heteroatoms. The summed E-state index contributed by atoms with van der Waals surface area (Å²) in [7, 11) is 0. The molecule has 160 valence electrons. The number of benzene rings is 1. The zero-order valence-electron chi connectivity index (χ0n) is 18.1. The topological polar surface area (TPSA) is 97.1 Å². The second-order valence-corrected chi connectivity index (χ2v) is 9.02. The normalized spacial score (nSPS) is 14.6. The molecule has 0 radical (unpaired) electrons. The van der Waals surface area contributed by atoms with Crippen LogP contribution in [0, 0.1) is 5.92 Å². The van der Waals surface area contributed by atoms with Gasteiger partial charge >= 0.3 is 0 Å². The Bertz CT molecular complexity index is 833. The van der Waals surface area contributed by atoms with Gasteiger partial charge in [-0.05, 0) is 29.5 Å². The van der Waals surface area contributed by atoms with E-state index >= 15 is 0 Å². The third kappa shape index (κ3) is 6.24. The summed E-state index contributed by atoms with van der Waals surface area (Å²) in [5.74, 6) is 0.357. The van der Waals surface area contributed by atoms with Gasteiger partial charge in [-0.3, -0.25) is 9.59 Å². The number of rotatable bonds is 10. The largest absolute Gasteiger partial charge is 0.350 e. The third-order valence-electron chi connectivity index (χ3n) is 5.39. The Hall–Kier alpha value is -1.99. The molecule has 2 aromatic rings. The predicted molar refractivity (Wildman–Crippen MR) is 120 cm³/mol. The Labute approximate surface area is 177 Å². The minimum Gasteiger partial charge on any atom is -0.350 e. The summed E-state index contributed by atoms with van der Waals surface area (Å²) in [6.07, 6.45) is 1.61. The van der Waals surface area contributed by atoms with Gasteiger partial charge in [0.05, 0.1) is 15.2 Å². The van der Waals surface area contributed by atoms with Crippen LogP contribution in [0.2, 0.25) is 0 Å². The van der Waals surface area contributed by atoms with Crippen molar-refractivity contribution < 1.29 is 9.59 Å². The summed E-state index contributed by atoms with van der Waals surface area (Å²) >= 11 is 1.58. The van der Waals surface area contributed by atoms with E-state index in [2.05, 4.69) is 55.4 Å². The van der Waals surface area contributed by atoms with Gasteiger partial charge < -0.3 is 16.4 Å². The van der Waals surface area contributed by atoms with Crippen LogP contribution in [0.3, 0.4) is 0 Å². The average molecular weight is 419 g/mol. The van der Waals surface area contributed by atoms with Gasteiger partial charge in [0, 0.05) is 25.4 Å². The fraction of sp³-hybridized carbons (Fsp3) is 0.591. The molecule has 1 aromatic heterocycles. The molecule has 0 aliphatic rings. The molecule has 29 heavy (non-hydrogen) atoms. The second-order valence-electron chi connectivity index (χ2n) is 7.90. The predicted octanol–water partition coefficient (Wildman–Crippen LogP) is 3.35. The summed E-state index contributed by atoms with van der Waals surface area (Å²) in [6.45, 7) is 10.6. The molecule has 3 unspecified atom stereocenters. The molecule has 0 aliphatic carbocycles. The van der Waals surface area contributed by atoms with Gasteiger partial charge in [0.25, 0.3) is 0 Å². The maximum atomic E-state index is 12.9. The van der Waals surface area contributed by atoms with Crippen molar-refractivity contribution >= 4 is 33.4 Å². The van der Waals surface area contributed by atoms with Gasteiger partial charge in [-0.15, -0.1) is 11.3 Å². The Morgan fingerprint density at radius 1 is 1.17 bits per heavy atom. The van der Waals surface area contributed by atoms with Crippen LogP contribution in [0.1, 0.15) is 63.9 Å². The molecule has 3 atom stereocenters. The smallest absolute Gasteiger partial charge is 0.243 e. The van der Waals surface area contributed by atoms with Gasteiger partial charge in [-0.2, -0.15) is 0 Å². The van der Waals surface area contributed by atoms with E-state index in [-0.39, 0.29) is 23.8 Å². The Balaban J connectivity index is 2.22. The number of nitrogens with one attached hydrogen (secondary N) is 2. The lowest BCUT2D eigenvalue weighted by molar-refractivity contribution is -0.129. The first-order valence-electron chi connectivity index (χ1n) is 10.5. The van der Waals surface area contributed by atoms with Crippen molar-refractivity contribution in [1.82, 2.24) is 15.6 Å². The van der Waals surface area contributed by atoms with Crippen LogP contribution in [0.25, 0.3) is 10.2 Å². The molecular weight excluding hydrogens is 384 g/mol. The minimum absolute atomic E-state index is 0.113. The third-order valence-corrected chi connectivity index (χ3v) is 6.43. The number of aromatic nitrogens is 1. The standard InChI is InChI=1S/C22H34N4O2S/c1-6-14(5)18(12-23)26-22(28)17(24-20(27)7-2)11-21-25-16-9-8-15(13(3)4)10-19(16)29-21/h8-10,13-14,17-18H,6-7,11-12,23H2,1-5H3,(H,24,27)(H,26,28). The number of hydrogen-bond acceptors (Lipinski definition) is 5. The number of nitrogens with two attached hydrogens (primary N) is 1. The first kappa shape index (κ1) is 23.3. The molecule has 0 saturated carbocycles. The lowest BCUT2D eigenvalue weighted by Crippen LogP contribution is -2.53. The van der Waals surface area contributed by atoms with Gasteiger partial charge in [0.15, 0.2) is 0 Å². The van der Waals surface area contributed by atoms with Gasteiger partial charge in [0.2, 0.25) is 11.8 Å². The van der Waals surface area contributed by atoms with Crippen molar-refractivity contribution in [2.75, 3.05) is 6.54 Å². The minimum atomic E-state index is -0.661. The number of carbonyl (C=O) groups excluding carboxylic acids is 2. The molecule has 6 nitrogen and oxygen atoms in total. The van der Waals surface area contributed by atoms with Crippen molar-refractivity contribution in [2.45, 2.75) is 71.9 Å². The highest BCUT2D eigenvalue weighted by molar-refractivity contribution is 7.18. The van der Waals surface area contributed by atoms with Crippen molar-refractivity contribution in [3.05, 3.63) is 28.8 Å². The summed E-state index contributed by atoms with van der Waals surface area (Å²) in [4.78, 5) is 29.6. The van der Waals surface area contributed by atoms with Crippen LogP contribution in [-0.4, -0.2) is 35.4 Å². The fourth-order valence-electron chi connectivity index (χ4n) is 3.12. The summed E-state index contributed by atoms with van der Waals surface area (Å²) in [6, 6.07) is 5.51. The number of hydrogen-bond donors (Lipinski definition) is 3. The number of nitrogens with zero attached hydrogens (tertiary/aromatic N) is 1. The van der Waals surface area contributed by atoms with Crippen LogP contribution < -0.4 is 16.4 Å². The highest BCUT2D eigenvalue weighted by atomic mass is 32.1. The summed E-state index contributed by atoms with van der Waals surface area (Å²) in [5.41, 5.74) is 8.05. The molecule has 0 aliphatic heterocycles. The lowest BCUT2D eigenvalue weighted by atomic mass is 9.98. The zero-order chi connectivity index (χ0) is 21.6. The molecule has 4 N–H and O–H groups in total. The molecule has 0 fully saturated rings. The summed E-state index contributed by atoms with van der Waals surface area (Å²) < 4.78 is 1.10. The quantitative estimate of drug-likeness (QED) is 0.551. The van der Waals surface area contributed by atoms with Crippen LogP contribution in [0.5, 0.6) is 0 Å². The van der Waals surface area contributed by atoms with Crippen molar-refractivity contribution in [3.8, 4) is 0 Å². The van der Waals surface area contributed by atoms with Crippen LogP contribution in [-0.2, 0) is 16.0 Å². The van der Waals surface area contributed by atoms with Gasteiger partial charge in [-0.1, -0.05) is 47.1 Å². The van der Waals surface area contributed by atoms with Crippen LogP contribution >= 0.6 is 11.3 Å². The SMILES string of the molecule is CCC(=O)NC(Cc1nc2ccc(C(C)C)cc2s1)C(=O)NC(CN)C(C)CC. The Kier molecular flexibility index (Phi) is 8.59. The van der Waals surface area contributed by atoms with E-state index in [4.69, 9.17) is 5.73 Å². The van der Waals surface area contributed by atoms with Crippen molar-refractivity contribution in [3.63, 3.8) is 0 Å². The van der Waals surface area contributed by atoms with E-state index < -0.39 is 6.04 Å². The molecule has 1 heterocycles. The lowest BCUT2D eigenvalue weighted by Gasteiger charge is -2.26. The highest BCUT2D eigenvalue weighted by Gasteiger charge is 2.26. The fourth-order valence-corrected chi connectivity index (χ4v) is 4.18. The van der Waals surface area contributed by atoms with Crippen molar-refractivity contribution in [2.24, 2.45) is 11.7 Å². The number of carbonyl (C=O) groups is 2. The molecule has 2 rings (SSSR count). The van der Waals surface area contributed by atoms with E-state index in [1.54, 1.807) is 18.3 Å². The monoisotopic (exact) mass is 418 g/mol. The van der Waals surface area contributed by atoms with E-state index in [0.717, 1.165) is 21.6 Å². The van der Waals surface area contributed by atoms with E-state index in [0.29, 0.717) is 25.3 Å². The average Bonchev–Trinajstić information content (AvgIpc) is 3.11. The van der Waals surface area contributed by atoms with E-state index in [9.17, 15) is 9.59 Å². The molecular formula is C22H34N4O2S. The summed E-state index contributed by atoms with van der Waals surface area (Å²) in [5, 5.41) is 6.71. The van der Waals surface area contributed by atoms with Crippen LogP contribution in [0.4, 0.5) is 0 Å². The molecule has 1 aromatic carbocycles. The molecule has 0 saturated heterocycles. The van der Waals surface area contributed by atoms with Gasteiger partial charge in [0.1, 0.15) is 6.04 Å². The zero-order valence-corrected chi connectivity index (χ0v) is 18.9. The maximum Gasteiger partial charge on any atom is 0.243 e. The molecule has 0 bridgehead atoms. The highest BCUT2D eigenvalue weighted by Crippen LogP contribution is 2.27.